The Morgan fingerprint density at radius 1 is 1.25 bits per heavy atom. The molecule has 0 aliphatic rings. The predicted molar refractivity (Wildman–Crippen MR) is 44.9 cm³/mol. The third-order valence-electron chi connectivity index (χ3n) is 1.21. The Bertz CT molecular complexity index is 59.5. The van der Waals surface area contributed by atoms with Gasteiger partial charge in [0.25, 0.3) is 0 Å². The number of allylic oxidation sites excluding steroid dienone is 1. The van der Waals surface area contributed by atoms with Crippen LogP contribution in [-0.2, 0) is 0 Å². The van der Waals surface area contributed by atoms with Crippen molar-refractivity contribution in [2.24, 2.45) is 0 Å². The largest absolute Gasteiger partial charge is 0.129 e. The van der Waals surface area contributed by atoms with E-state index in [0.717, 1.165) is 0 Å². The number of unbranched alkanes of at least 4 members (excludes halogenated alkanes) is 2. The van der Waals surface area contributed by atoms with Crippen LogP contribution in [0.4, 0.5) is 0 Å². The fourth-order valence-corrected chi connectivity index (χ4v) is 0.679. The number of hydrogen-bond donors (Lipinski definition) is 0. The molecule has 0 aromatic rings. The van der Waals surface area contributed by atoms with Crippen molar-refractivity contribution in [2.75, 3.05) is 0 Å². The molecule has 0 nitrogen and oxygen atoms in total. The normalized spacial score (nSPS) is 10.5. The van der Waals surface area contributed by atoms with Gasteiger partial charge in [-0.25, -0.2) is 0 Å². The SMILES string of the molecule is BC=CCCCCB. The summed E-state index contributed by atoms with van der Waals surface area (Å²) in [4.78, 5) is 0. The zero-order valence-electron chi connectivity index (χ0n) is 5.98. The molecular formula is C6H14B2. The molecule has 0 aromatic carbocycles. The molecule has 0 saturated heterocycles. The van der Waals surface area contributed by atoms with E-state index >= 15 is 0 Å². The van der Waals surface area contributed by atoms with Gasteiger partial charge in [0, 0.05) is 0 Å². The van der Waals surface area contributed by atoms with Crippen molar-refractivity contribution in [3.8, 4) is 0 Å². The molecule has 2 heteroatoms. The van der Waals surface area contributed by atoms with E-state index in [2.05, 4.69) is 27.7 Å². The van der Waals surface area contributed by atoms with E-state index in [1.54, 1.807) is 0 Å². The summed E-state index contributed by atoms with van der Waals surface area (Å²) in [5.74, 6) is 2.12. The van der Waals surface area contributed by atoms with Gasteiger partial charge in [-0.1, -0.05) is 25.2 Å². The minimum atomic E-state index is 1.27. The molecule has 0 bridgehead atoms. The molecule has 0 aliphatic carbocycles. The van der Waals surface area contributed by atoms with Crippen molar-refractivity contribution in [3.05, 3.63) is 12.1 Å². The minimum Gasteiger partial charge on any atom is -0.128 e. The molecule has 0 radical (unpaired) electrons. The topological polar surface area (TPSA) is 0 Å². The summed E-state index contributed by atoms with van der Waals surface area (Å²) in [6.45, 7) is 0. The van der Waals surface area contributed by atoms with Crippen LogP contribution >= 0.6 is 0 Å². The van der Waals surface area contributed by atoms with Crippen molar-refractivity contribution in [1.82, 2.24) is 0 Å². The van der Waals surface area contributed by atoms with Crippen molar-refractivity contribution >= 4 is 15.7 Å². The quantitative estimate of drug-likeness (QED) is 0.360. The smallest absolute Gasteiger partial charge is 0.128 e. The lowest BCUT2D eigenvalue weighted by Crippen LogP contribution is -1.71. The van der Waals surface area contributed by atoms with E-state index in [-0.39, 0.29) is 0 Å². The van der Waals surface area contributed by atoms with Gasteiger partial charge < -0.3 is 0 Å². The Kier molecular flexibility index (Phi) is 6.76. The summed E-state index contributed by atoms with van der Waals surface area (Å²) < 4.78 is 0. The van der Waals surface area contributed by atoms with Crippen LogP contribution in [0.3, 0.4) is 0 Å². The number of rotatable bonds is 4. The first-order chi connectivity index (χ1) is 3.91. The van der Waals surface area contributed by atoms with Gasteiger partial charge in [-0.2, -0.15) is 0 Å². The maximum absolute atomic E-state index is 2.23. The monoisotopic (exact) mass is 108 g/mol. The van der Waals surface area contributed by atoms with E-state index in [9.17, 15) is 0 Å². The second-order valence-electron chi connectivity index (χ2n) is 2.06. The van der Waals surface area contributed by atoms with Crippen LogP contribution in [0.5, 0.6) is 0 Å². The molecule has 0 aromatic heterocycles. The van der Waals surface area contributed by atoms with Gasteiger partial charge in [0.1, 0.15) is 15.7 Å². The van der Waals surface area contributed by atoms with E-state index in [1.165, 1.54) is 25.6 Å². The lowest BCUT2D eigenvalue weighted by molar-refractivity contribution is 0.814. The minimum absolute atomic E-state index is 1.27. The fourth-order valence-electron chi connectivity index (χ4n) is 0.679. The highest BCUT2D eigenvalue weighted by molar-refractivity contribution is 6.16. The molecular weight excluding hydrogens is 93.7 g/mol. The standard InChI is InChI=1S/C6H14B2/c7-5-3-1-2-4-6-8/h3,5H,1-2,4,6-8H2. The Morgan fingerprint density at radius 3 is 2.50 bits per heavy atom. The van der Waals surface area contributed by atoms with Gasteiger partial charge in [-0.3, -0.25) is 0 Å². The fraction of sp³-hybridized carbons (Fsp3) is 0.667. The molecule has 0 saturated carbocycles. The second-order valence-corrected chi connectivity index (χ2v) is 2.06. The highest BCUT2D eigenvalue weighted by Crippen LogP contribution is 1.97. The third-order valence-corrected chi connectivity index (χ3v) is 1.21. The lowest BCUT2D eigenvalue weighted by atomic mass is 9.99. The molecule has 44 valence electrons. The Balaban J connectivity index is 2.72. The Hall–Kier alpha value is -0.130. The van der Waals surface area contributed by atoms with Gasteiger partial charge in [0.2, 0.25) is 0 Å². The van der Waals surface area contributed by atoms with Crippen LogP contribution in [0.25, 0.3) is 0 Å². The van der Waals surface area contributed by atoms with Gasteiger partial charge in [-0.05, 0) is 6.42 Å². The summed E-state index contributed by atoms with van der Waals surface area (Å²) in [7, 11) is 4.31. The van der Waals surface area contributed by atoms with Gasteiger partial charge in [0.15, 0.2) is 0 Å². The van der Waals surface area contributed by atoms with E-state index < -0.39 is 0 Å². The highest BCUT2D eigenvalue weighted by atomic mass is 13.8. The van der Waals surface area contributed by atoms with Crippen LogP contribution in [-0.4, -0.2) is 15.7 Å². The first kappa shape index (κ1) is 7.87. The average molecular weight is 108 g/mol. The third kappa shape index (κ3) is 5.87. The van der Waals surface area contributed by atoms with Crippen molar-refractivity contribution in [3.63, 3.8) is 0 Å². The maximum Gasteiger partial charge on any atom is 0.129 e. The predicted octanol–water partition coefficient (Wildman–Crippen LogP) is 0.355. The summed E-state index contributed by atoms with van der Waals surface area (Å²) in [6, 6.07) is 0. The molecule has 0 N–H and O–H groups in total. The van der Waals surface area contributed by atoms with Gasteiger partial charge in [0.05, 0.1) is 0 Å². The van der Waals surface area contributed by atoms with E-state index in [4.69, 9.17) is 0 Å². The lowest BCUT2D eigenvalue weighted by Gasteiger charge is -1.88. The Labute approximate surface area is 54.2 Å². The highest BCUT2D eigenvalue weighted by Gasteiger charge is 1.78. The summed E-state index contributed by atoms with van der Waals surface area (Å²) >= 11 is 0. The van der Waals surface area contributed by atoms with Gasteiger partial charge >= 0.3 is 0 Å². The second kappa shape index (κ2) is 6.87. The number of hydrogen-bond acceptors (Lipinski definition) is 0. The molecule has 0 spiro atoms. The zero-order chi connectivity index (χ0) is 6.24. The van der Waals surface area contributed by atoms with Crippen molar-refractivity contribution in [2.45, 2.75) is 25.6 Å². The van der Waals surface area contributed by atoms with E-state index in [1.807, 2.05) is 0 Å². The molecule has 0 rings (SSSR count). The van der Waals surface area contributed by atoms with Crippen LogP contribution in [0.1, 0.15) is 19.3 Å². The molecule has 0 heterocycles. The first-order valence-corrected chi connectivity index (χ1v) is 3.53. The molecule has 8 heavy (non-hydrogen) atoms. The summed E-state index contributed by atoms with van der Waals surface area (Å²) in [5.41, 5.74) is 0. The summed E-state index contributed by atoms with van der Waals surface area (Å²) in [5, 5.41) is 0. The van der Waals surface area contributed by atoms with Crippen LogP contribution in [0, 0.1) is 0 Å². The van der Waals surface area contributed by atoms with Crippen LogP contribution in [0.15, 0.2) is 12.1 Å². The van der Waals surface area contributed by atoms with Gasteiger partial charge in [-0.15, -0.1) is 5.98 Å². The first-order valence-electron chi connectivity index (χ1n) is 3.53. The molecule has 0 atom stereocenters. The zero-order valence-corrected chi connectivity index (χ0v) is 5.98. The van der Waals surface area contributed by atoms with E-state index in [0.29, 0.717) is 0 Å². The van der Waals surface area contributed by atoms with Crippen LogP contribution < -0.4 is 0 Å². The maximum atomic E-state index is 2.23. The molecule has 0 amide bonds. The molecule has 0 fully saturated rings. The Morgan fingerprint density at radius 2 is 2.00 bits per heavy atom. The molecule has 0 aliphatic heterocycles. The van der Waals surface area contributed by atoms with Crippen LogP contribution in [0.2, 0.25) is 6.32 Å². The summed E-state index contributed by atoms with van der Waals surface area (Å²) in [6.07, 6.45) is 7.57. The molecule has 0 unspecified atom stereocenters. The van der Waals surface area contributed by atoms with Crippen molar-refractivity contribution in [1.29, 1.82) is 0 Å². The average Bonchev–Trinajstić information content (AvgIpc) is 1.81. The van der Waals surface area contributed by atoms with Crippen molar-refractivity contribution < 1.29 is 0 Å².